The first kappa shape index (κ1) is 15.8. The van der Waals surface area contributed by atoms with E-state index >= 15 is 0 Å². The van der Waals surface area contributed by atoms with Crippen molar-refractivity contribution in [3.8, 4) is 17.3 Å². The van der Waals surface area contributed by atoms with E-state index < -0.39 is 0 Å². The Bertz CT molecular complexity index is 775. The molecule has 1 aromatic carbocycles. The number of nitriles is 1. The first-order chi connectivity index (χ1) is 11.7. The van der Waals surface area contributed by atoms with Gasteiger partial charge in [-0.2, -0.15) is 5.26 Å². The zero-order valence-electron chi connectivity index (χ0n) is 13.4. The molecule has 1 aliphatic rings. The molecule has 2 amide bonds. The molecule has 3 rings (SSSR count). The van der Waals surface area contributed by atoms with Gasteiger partial charge in [-0.25, -0.2) is 4.79 Å². The maximum Gasteiger partial charge on any atom is 0.324 e. The maximum absolute atomic E-state index is 12.4. The minimum atomic E-state index is 0.0427. The summed E-state index contributed by atoms with van der Waals surface area (Å²) in [6, 6.07) is 13.4. The van der Waals surface area contributed by atoms with E-state index in [-0.39, 0.29) is 6.03 Å². The van der Waals surface area contributed by atoms with Gasteiger partial charge < -0.3 is 4.90 Å². The second-order valence-electron chi connectivity index (χ2n) is 5.59. The Morgan fingerprint density at radius 2 is 2.00 bits per heavy atom. The zero-order valence-corrected chi connectivity index (χ0v) is 13.4. The van der Waals surface area contributed by atoms with E-state index in [0.717, 1.165) is 29.9 Å². The van der Waals surface area contributed by atoms with E-state index in [1.165, 1.54) is 0 Å². The Labute approximate surface area is 141 Å². The molecule has 0 bridgehead atoms. The van der Waals surface area contributed by atoms with Gasteiger partial charge in [0.1, 0.15) is 6.07 Å². The van der Waals surface area contributed by atoms with Crippen LogP contribution in [0.4, 0.5) is 10.5 Å². The number of carbonyl (C=O) groups is 1. The van der Waals surface area contributed by atoms with Crippen LogP contribution < -0.4 is 4.90 Å². The summed E-state index contributed by atoms with van der Waals surface area (Å²) in [5.41, 5.74) is 3.19. The Balaban J connectivity index is 1.74. The van der Waals surface area contributed by atoms with Crippen LogP contribution in [-0.4, -0.2) is 35.5 Å². The number of urea groups is 1. The third kappa shape index (κ3) is 3.13. The number of anilines is 1. The molecule has 0 unspecified atom stereocenters. The summed E-state index contributed by atoms with van der Waals surface area (Å²) in [5.74, 6) is 0. The van der Waals surface area contributed by atoms with Crippen LogP contribution in [0.25, 0.3) is 11.3 Å². The van der Waals surface area contributed by atoms with Crippen LogP contribution >= 0.6 is 0 Å². The van der Waals surface area contributed by atoms with Crippen molar-refractivity contribution < 1.29 is 4.79 Å². The van der Waals surface area contributed by atoms with Gasteiger partial charge in [0.25, 0.3) is 0 Å². The number of aromatic nitrogens is 1. The van der Waals surface area contributed by atoms with Gasteiger partial charge in [0.2, 0.25) is 0 Å². The lowest BCUT2D eigenvalue weighted by Gasteiger charge is -2.18. The summed E-state index contributed by atoms with van der Waals surface area (Å²) in [4.78, 5) is 20.3. The largest absolute Gasteiger partial charge is 0.324 e. The molecule has 0 atom stereocenters. The van der Waals surface area contributed by atoms with Crippen molar-refractivity contribution in [3.05, 3.63) is 60.8 Å². The first-order valence-corrected chi connectivity index (χ1v) is 7.87. The fourth-order valence-electron chi connectivity index (χ4n) is 2.72. The predicted octanol–water partition coefficient (Wildman–Crippen LogP) is 3.44. The van der Waals surface area contributed by atoms with Crippen LogP contribution in [0.3, 0.4) is 0 Å². The number of nitrogens with zero attached hydrogens (tertiary/aromatic N) is 4. The standard InChI is InChI=1S/C19H18N4O/c1-2-3-10-22-11-12-23(19(22)24)17-7-5-16(6-8-17)18-9-4-15(13-20)14-21-18/h2,4-9,14H,1,3,10-12H2. The molecule has 1 aromatic heterocycles. The summed E-state index contributed by atoms with van der Waals surface area (Å²) in [6.07, 6.45) is 4.20. The molecule has 0 saturated carbocycles. The molecule has 5 nitrogen and oxygen atoms in total. The smallest absolute Gasteiger partial charge is 0.322 e. The summed E-state index contributed by atoms with van der Waals surface area (Å²) in [6.45, 7) is 5.85. The lowest BCUT2D eigenvalue weighted by Crippen LogP contribution is -2.32. The van der Waals surface area contributed by atoms with E-state index in [4.69, 9.17) is 5.26 Å². The molecule has 1 fully saturated rings. The van der Waals surface area contributed by atoms with Gasteiger partial charge in [0.05, 0.1) is 11.3 Å². The Morgan fingerprint density at radius 1 is 1.21 bits per heavy atom. The van der Waals surface area contributed by atoms with Crippen molar-refractivity contribution in [2.75, 3.05) is 24.5 Å². The Morgan fingerprint density at radius 3 is 2.62 bits per heavy atom. The number of benzene rings is 1. The van der Waals surface area contributed by atoms with Crippen molar-refractivity contribution in [2.45, 2.75) is 6.42 Å². The average molecular weight is 318 g/mol. The second kappa shape index (κ2) is 6.97. The molecule has 24 heavy (non-hydrogen) atoms. The van der Waals surface area contributed by atoms with Crippen molar-refractivity contribution in [3.63, 3.8) is 0 Å². The van der Waals surface area contributed by atoms with Crippen molar-refractivity contribution in [1.29, 1.82) is 5.26 Å². The van der Waals surface area contributed by atoms with Gasteiger partial charge in [-0.05, 0) is 30.7 Å². The topological polar surface area (TPSA) is 60.2 Å². The SMILES string of the molecule is C=CCCN1CCN(c2ccc(-c3ccc(C#N)cn3)cc2)C1=O. The molecule has 2 aromatic rings. The lowest BCUT2D eigenvalue weighted by atomic mass is 10.1. The molecule has 1 aliphatic heterocycles. The molecular formula is C19H18N4O. The second-order valence-corrected chi connectivity index (χ2v) is 5.59. The Hall–Kier alpha value is -3.13. The number of hydrogen-bond donors (Lipinski definition) is 0. The van der Waals surface area contributed by atoms with Crippen molar-refractivity contribution in [2.24, 2.45) is 0 Å². The van der Waals surface area contributed by atoms with Crippen LogP contribution in [0.2, 0.25) is 0 Å². The molecular weight excluding hydrogens is 300 g/mol. The molecule has 120 valence electrons. The van der Waals surface area contributed by atoms with Gasteiger partial charge in [-0.3, -0.25) is 9.88 Å². The maximum atomic E-state index is 12.4. The number of hydrogen-bond acceptors (Lipinski definition) is 3. The van der Waals surface area contributed by atoms with E-state index in [9.17, 15) is 4.79 Å². The zero-order chi connectivity index (χ0) is 16.9. The van der Waals surface area contributed by atoms with E-state index in [0.29, 0.717) is 18.7 Å². The monoisotopic (exact) mass is 318 g/mol. The minimum Gasteiger partial charge on any atom is -0.322 e. The lowest BCUT2D eigenvalue weighted by molar-refractivity contribution is 0.221. The van der Waals surface area contributed by atoms with E-state index in [1.807, 2.05) is 41.3 Å². The van der Waals surface area contributed by atoms with Gasteiger partial charge in [0, 0.05) is 37.1 Å². The van der Waals surface area contributed by atoms with Crippen LogP contribution in [0.1, 0.15) is 12.0 Å². The highest BCUT2D eigenvalue weighted by molar-refractivity contribution is 5.94. The third-order valence-corrected chi connectivity index (χ3v) is 4.07. The number of amides is 2. The normalized spacial score (nSPS) is 13.9. The fourth-order valence-corrected chi connectivity index (χ4v) is 2.72. The van der Waals surface area contributed by atoms with Crippen molar-refractivity contribution in [1.82, 2.24) is 9.88 Å². The molecule has 0 N–H and O–H groups in total. The molecule has 0 radical (unpaired) electrons. The summed E-state index contributed by atoms with van der Waals surface area (Å²) in [7, 11) is 0. The molecule has 0 aliphatic carbocycles. The van der Waals surface area contributed by atoms with Gasteiger partial charge in [0.15, 0.2) is 0 Å². The average Bonchev–Trinajstić information content (AvgIpc) is 3.01. The number of pyridine rings is 1. The summed E-state index contributed by atoms with van der Waals surface area (Å²) in [5, 5.41) is 8.82. The summed E-state index contributed by atoms with van der Waals surface area (Å²) >= 11 is 0. The van der Waals surface area contributed by atoms with Gasteiger partial charge >= 0.3 is 6.03 Å². The van der Waals surface area contributed by atoms with Gasteiger partial charge in [-0.1, -0.05) is 18.2 Å². The Kier molecular flexibility index (Phi) is 4.57. The number of rotatable bonds is 5. The van der Waals surface area contributed by atoms with Crippen LogP contribution in [0.15, 0.2) is 55.3 Å². The van der Waals surface area contributed by atoms with Crippen LogP contribution in [0, 0.1) is 11.3 Å². The quantitative estimate of drug-likeness (QED) is 0.793. The highest BCUT2D eigenvalue weighted by Gasteiger charge is 2.28. The molecule has 5 heteroatoms. The summed E-state index contributed by atoms with van der Waals surface area (Å²) < 4.78 is 0. The molecule has 1 saturated heterocycles. The number of carbonyl (C=O) groups excluding carboxylic acids is 1. The van der Waals surface area contributed by atoms with Crippen LogP contribution in [0.5, 0.6) is 0 Å². The highest BCUT2D eigenvalue weighted by atomic mass is 16.2. The van der Waals surface area contributed by atoms with Crippen molar-refractivity contribution >= 4 is 11.7 Å². The van der Waals surface area contributed by atoms with E-state index in [2.05, 4.69) is 17.6 Å². The third-order valence-electron chi connectivity index (χ3n) is 4.07. The minimum absolute atomic E-state index is 0.0427. The molecule has 0 spiro atoms. The van der Waals surface area contributed by atoms with E-state index in [1.54, 1.807) is 17.2 Å². The fraction of sp³-hybridized carbons (Fsp3) is 0.211. The van der Waals surface area contributed by atoms with Gasteiger partial charge in [-0.15, -0.1) is 6.58 Å². The predicted molar refractivity (Wildman–Crippen MR) is 93.5 cm³/mol. The van der Waals surface area contributed by atoms with Crippen LogP contribution in [-0.2, 0) is 0 Å². The molecule has 2 heterocycles. The highest BCUT2D eigenvalue weighted by Crippen LogP contribution is 2.24. The first-order valence-electron chi connectivity index (χ1n) is 7.87.